The predicted octanol–water partition coefficient (Wildman–Crippen LogP) is 2.95. The van der Waals surface area contributed by atoms with Crippen molar-refractivity contribution in [3.05, 3.63) is 35.6 Å². The Morgan fingerprint density at radius 3 is 2.94 bits per heavy atom. The number of nitrogens with two attached hydrogens (primary N) is 1. The standard InChI is InChI=1S/C15H23FN2/c1-11-6-7-18(15(8-11)10-17)12(2)13-4-3-5-14(16)9-13/h3-5,9,11-12,15H,6-8,10,17H2,1-2H3. The van der Waals surface area contributed by atoms with Crippen LogP contribution >= 0.6 is 0 Å². The number of nitrogens with zero attached hydrogens (tertiary/aromatic N) is 1. The highest BCUT2D eigenvalue weighted by Gasteiger charge is 2.29. The Bertz CT molecular complexity index is 394. The Hall–Kier alpha value is -0.930. The number of benzene rings is 1. The van der Waals surface area contributed by atoms with Crippen molar-refractivity contribution in [1.29, 1.82) is 0 Å². The van der Waals surface area contributed by atoms with Crippen LogP contribution in [-0.4, -0.2) is 24.0 Å². The number of hydrogen-bond donors (Lipinski definition) is 1. The van der Waals surface area contributed by atoms with Gasteiger partial charge in [-0.05, 0) is 49.9 Å². The molecule has 1 heterocycles. The van der Waals surface area contributed by atoms with Crippen molar-refractivity contribution in [2.75, 3.05) is 13.1 Å². The quantitative estimate of drug-likeness (QED) is 0.893. The summed E-state index contributed by atoms with van der Waals surface area (Å²) in [7, 11) is 0. The van der Waals surface area contributed by atoms with E-state index in [1.54, 1.807) is 12.1 Å². The minimum Gasteiger partial charge on any atom is -0.329 e. The summed E-state index contributed by atoms with van der Waals surface area (Å²) in [6, 6.07) is 7.57. The molecule has 2 rings (SSSR count). The van der Waals surface area contributed by atoms with Crippen LogP contribution in [0, 0.1) is 11.7 Å². The highest BCUT2D eigenvalue weighted by molar-refractivity contribution is 5.20. The summed E-state index contributed by atoms with van der Waals surface area (Å²) in [6.45, 7) is 6.17. The Labute approximate surface area is 109 Å². The highest BCUT2D eigenvalue weighted by atomic mass is 19.1. The van der Waals surface area contributed by atoms with E-state index in [1.807, 2.05) is 6.07 Å². The van der Waals surface area contributed by atoms with Crippen molar-refractivity contribution in [1.82, 2.24) is 4.90 Å². The lowest BCUT2D eigenvalue weighted by atomic mass is 9.90. The summed E-state index contributed by atoms with van der Waals surface area (Å²) in [6.07, 6.45) is 2.35. The molecular weight excluding hydrogens is 227 g/mol. The van der Waals surface area contributed by atoms with Gasteiger partial charge in [-0.15, -0.1) is 0 Å². The van der Waals surface area contributed by atoms with Gasteiger partial charge in [-0.25, -0.2) is 4.39 Å². The Morgan fingerprint density at radius 2 is 2.28 bits per heavy atom. The molecule has 0 bridgehead atoms. The number of hydrogen-bond acceptors (Lipinski definition) is 2. The molecule has 1 aliphatic rings. The van der Waals surface area contributed by atoms with Gasteiger partial charge in [-0.1, -0.05) is 19.1 Å². The fourth-order valence-corrected chi connectivity index (χ4v) is 2.97. The van der Waals surface area contributed by atoms with Crippen molar-refractivity contribution in [3.63, 3.8) is 0 Å². The van der Waals surface area contributed by atoms with E-state index < -0.39 is 0 Å². The maximum atomic E-state index is 13.3. The van der Waals surface area contributed by atoms with Crippen molar-refractivity contribution >= 4 is 0 Å². The molecule has 0 aliphatic carbocycles. The molecule has 1 saturated heterocycles. The summed E-state index contributed by atoms with van der Waals surface area (Å²) in [4.78, 5) is 2.43. The Balaban J connectivity index is 2.14. The minimum atomic E-state index is -0.158. The lowest BCUT2D eigenvalue weighted by Gasteiger charge is -2.41. The lowest BCUT2D eigenvalue weighted by Crippen LogP contribution is -2.47. The van der Waals surface area contributed by atoms with E-state index >= 15 is 0 Å². The highest BCUT2D eigenvalue weighted by Crippen LogP contribution is 2.30. The summed E-state index contributed by atoms with van der Waals surface area (Å²) in [5.74, 6) is 0.587. The molecule has 1 aliphatic heterocycles. The first-order valence-corrected chi connectivity index (χ1v) is 6.83. The Morgan fingerprint density at radius 1 is 1.50 bits per heavy atom. The van der Waals surface area contributed by atoms with Crippen LogP contribution in [-0.2, 0) is 0 Å². The summed E-state index contributed by atoms with van der Waals surface area (Å²) >= 11 is 0. The molecule has 0 saturated carbocycles. The van der Waals surface area contributed by atoms with Gasteiger partial charge in [-0.3, -0.25) is 4.90 Å². The summed E-state index contributed by atoms with van der Waals surface area (Å²) in [5, 5.41) is 0. The first-order valence-electron chi connectivity index (χ1n) is 6.83. The molecule has 0 amide bonds. The van der Waals surface area contributed by atoms with Crippen LogP contribution < -0.4 is 5.73 Å². The fourth-order valence-electron chi connectivity index (χ4n) is 2.97. The first kappa shape index (κ1) is 13.5. The molecule has 1 fully saturated rings. The topological polar surface area (TPSA) is 29.3 Å². The molecule has 3 heteroatoms. The van der Waals surface area contributed by atoms with Gasteiger partial charge in [0.25, 0.3) is 0 Å². The molecule has 2 N–H and O–H groups in total. The molecule has 18 heavy (non-hydrogen) atoms. The van der Waals surface area contributed by atoms with Crippen LogP contribution in [0.25, 0.3) is 0 Å². The fraction of sp³-hybridized carbons (Fsp3) is 0.600. The predicted molar refractivity (Wildman–Crippen MR) is 72.8 cm³/mol. The molecule has 1 aromatic rings. The minimum absolute atomic E-state index is 0.158. The van der Waals surface area contributed by atoms with E-state index in [1.165, 1.54) is 12.5 Å². The normalized spacial score (nSPS) is 27.1. The van der Waals surface area contributed by atoms with Gasteiger partial charge in [0.05, 0.1) is 0 Å². The number of rotatable bonds is 3. The largest absolute Gasteiger partial charge is 0.329 e. The van der Waals surface area contributed by atoms with Gasteiger partial charge in [0.15, 0.2) is 0 Å². The third-order valence-electron chi connectivity index (χ3n) is 4.12. The van der Waals surface area contributed by atoms with Crippen molar-refractivity contribution in [2.45, 2.75) is 38.8 Å². The molecular formula is C15H23FN2. The van der Waals surface area contributed by atoms with E-state index in [0.29, 0.717) is 12.6 Å². The van der Waals surface area contributed by atoms with E-state index in [0.717, 1.165) is 24.4 Å². The van der Waals surface area contributed by atoms with Crippen LogP contribution in [0.5, 0.6) is 0 Å². The number of halogens is 1. The van der Waals surface area contributed by atoms with Crippen LogP contribution in [0.3, 0.4) is 0 Å². The third-order valence-corrected chi connectivity index (χ3v) is 4.12. The molecule has 1 aromatic carbocycles. The first-order chi connectivity index (χ1) is 8.61. The van der Waals surface area contributed by atoms with Gasteiger partial charge in [0.1, 0.15) is 5.82 Å². The van der Waals surface area contributed by atoms with Crippen LogP contribution in [0.4, 0.5) is 4.39 Å². The lowest BCUT2D eigenvalue weighted by molar-refractivity contribution is 0.0833. The van der Waals surface area contributed by atoms with Gasteiger partial charge in [0.2, 0.25) is 0 Å². The van der Waals surface area contributed by atoms with Crippen LogP contribution in [0.1, 0.15) is 38.3 Å². The average molecular weight is 250 g/mol. The second kappa shape index (κ2) is 5.81. The van der Waals surface area contributed by atoms with Crippen molar-refractivity contribution in [2.24, 2.45) is 11.7 Å². The zero-order valence-corrected chi connectivity index (χ0v) is 11.3. The summed E-state index contributed by atoms with van der Waals surface area (Å²) in [5.41, 5.74) is 6.93. The van der Waals surface area contributed by atoms with Gasteiger partial charge >= 0.3 is 0 Å². The maximum Gasteiger partial charge on any atom is 0.123 e. The monoisotopic (exact) mass is 250 g/mol. The van der Waals surface area contributed by atoms with Crippen molar-refractivity contribution in [3.8, 4) is 0 Å². The molecule has 100 valence electrons. The molecule has 0 radical (unpaired) electrons. The van der Waals surface area contributed by atoms with Crippen molar-refractivity contribution < 1.29 is 4.39 Å². The molecule has 3 unspecified atom stereocenters. The SMILES string of the molecule is CC1CCN(C(C)c2cccc(F)c2)C(CN)C1. The second-order valence-electron chi connectivity index (χ2n) is 5.49. The van der Waals surface area contributed by atoms with E-state index in [2.05, 4.69) is 18.7 Å². The average Bonchev–Trinajstić information content (AvgIpc) is 2.37. The zero-order valence-electron chi connectivity index (χ0n) is 11.3. The molecule has 2 nitrogen and oxygen atoms in total. The Kier molecular flexibility index (Phi) is 4.36. The maximum absolute atomic E-state index is 13.3. The molecule has 3 atom stereocenters. The second-order valence-corrected chi connectivity index (χ2v) is 5.49. The molecule has 0 aromatic heterocycles. The zero-order chi connectivity index (χ0) is 13.1. The van der Waals surface area contributed by atoms with Crippen LogP contribution in [0.15, 0.2) is 24.3 Å². The third kappa shape index (κ3) is 2.90. The van der Waals surface area contributed by atoms with Crippen LogP contribution in [0.2, 0.25) is 0 Å². The van der Waals surface area contributed by atoms with E-state index in [9.17, 15) is 4.39 Å². The molecule has 0 spiro atoms. The number of likely N-dealkylation sites (tertiary alicyclic amines) is 1. The van der Waals surface area contributed by atoms with Gasteiger partial charge in [-0.2, -0.15) is 0 Å². The summed E-state index contributed by atoms with van der Waals surface area (Å²) < 4.78 is 13.3. The van der Waals surface area contributed by atoms with Gasteiger partial charge in [0, 0.05) is 18.6 Å². The smallest absolute Gasteiger partial charge is 0.123 e. The van der Waals surface area contributed by atoms with E-state index in [-0.39, 0.29) is 11.9 Å². The number of piperidine rings is 1. The van der Waals surface area contributed by atoms with Gasteiger partial charge < -0.3 is 5.73 Å². The van der Waals surface area contributed by atoms with E-state index in [4.69, 9.17) is 5.73 Å².